The molecular formula is C26H21ClFN7OS. The number of nitrogens with one attached hydrogen (secondary N) is 1. The van der Waals surface area contributed by atoms with Crippen LogP contribution in [-0.4, -0.2) is 41.4 Å². The summed E-state index contributed by atoms with van der Waals surface area (Å²) in [5.41, 5.74) is 2.50. The zero-order valence-corrected chi connectivity index (χ0v) is 21.1. The number of thiazole rings is 1. The molecule has 1 aliphatic rings. The van der Waals surface area contributed by atoms with E-state index in [1.807, 2.05) is 6.07 Å². The molecule has 0 aliphatic heterocycles. The molecule has 1 aromatic carbocycles. The highest BCUT2D eigenvalue weighted by Crippen LogP contribution is 2.37. The summed E-state index contributed by atoms with van der Waals surface area (Å²) in [6.45, 7) is 0. The fourth-order valence-electron chi connectivity index (χ4n) is 4.89. The lowest BCUT2D eigenvalue weighted by molar-refractivity contribution is 0.0920. The Morgan fingerprint density at radius 3 is 2.70 bits per heavy atom. The molecule has 0 saturated heterocycles. The standard InChI is InChI=1S/C26H21ClFN7OS/c27-22-14-32-26(37-22)25(36)33-15-5-3-6-16(11-15)35-21-12-19(23-29-9-4-10-30-23)31-13-20(21)34-24(35)17-7-1-2-8-18(17)28/h1-2,4,7-10,12-16H,3,5-6,11H2,(H,33,36)/t15-,16+/m0/s1. The van der Waals surface area contributed by atoms with Gasteiger partial charge in [0.1, 0.15) is 27.2 Å². The quantitative estimate of drug-likeness (QED) is 0.310. The summed E-state index contributed by atoms with van der Waals surface area (Å²) in [6.07, 6.45) is 9.75. The molecular weight excluding hydrogens is 513 g/mol. The second-order valence-electron chi connectivity index (χ2n) is 8.88. The Morgan fingerprint density at radius 1 is 1.08 bits per heavy atom. The van der Waals surface area contributed by atoms with E-state index in [0.29, 0.717) is 44.2 Å². The summed E-state index contributed by atoms with van der Waals surface area (Å²) in [4.78, 5) is 34.8. The van der Waals surface area contributed by atoms with Crippen molar-refractivity contribution in [3.05, 3.63) is 76.3 Å². The molecule has 1 amide bonds. The van der Waals surface area contributed by atoms with E-state index < -0.39 is 0 Å². The first-order valence-electron chi connectivity index (χ1n) is 11.9. The van der Waals surface area contributed by atoms with Crippen LogP contribution < -0.4 is 5.32 Å². The minimum Gasteiger partial charge on any atom is -0.347 e. The zero-order valence-electron chi connectivity index (χ0n) is 19.5. The molecule has 1 saturated carbocycles. The van der Waals surface area contributed by atoms with Gasteiger partial charge in [0.2, 0.25) is 0 Å². The first-order chi connectivity index (χ1) is 18.1. The van der Waals surface area contributed by atoms with Crippen LogP contribution in [0.1, 0.15) is 41.5 Å². The van der Waals surface area contributed by atoms with Crippen LogP contribution in [0.5, 0.6) is 0 Å². The highest BCUT2D eigenvalue weighted by Gasteiger charge is 2.29. The molecule has 11 heteroatoms. The third-order valence-electron chi connectivity index (χ3n) is 6.50. The Labute approximate surface area is 220 Å². The van der Waals surface area contributed by atoms with E-state index in [4.69, 9.17) is 16.6 Å². The highest BCUT2D eigenvalue weighted by atomic mass is 35.5. The number of halogens is 2. The van der Waals surface area contributed by atoms with Crippen molar-refractivity contribution >= 4 is 39.9 Å². The SMILES string of the molecule is O=C(N[C@H]1CCC[C@@H](n2c(-c3ccccc3F)nc3cnc(-c4ncccn4)cc32)C1)c1ncc(Cl)s1. The summed E-state index contributed by atoms with van der Waals surface area (Å²) in [7, 11) is 0. The van der Waals surface area contributed by atoms with Gasteiger partial charge in [-0.2, -0.15) is 0 Å². The number of benzene rings is 1. The van der Waals surface area contributed by atoms with Crippen molar-refractivity contribution in [1.82, 2.24) is 34.8 Å². The molecule has 1 fully saturated rings. The maximum Gasteiger partial charge on any atom is 0.280 e. The van der Waals surface area contributed by atoms with E-state index in [1.165, 1.54) is 12.3 Å². The summed E-state index contributed by atoms with van der Waals surface area (Å²) in [6, 6.07) is 10.2. The molecule has 4 aromatic heterocycles. The summed E-state index contributed by atoms with van der Waals surface area (Å²) in [5, 5.41) is 3.45. The molecule has 2 atom stereocenters. The van der Waals surface area contributed by atoms with Crippen LogP contribution in [0.25, 0.3) is 33.9 Å². The number of hydrogen-bond acceptors (Lipinski definition) is 7. The fourth-order valence-corrected chi connectivity index (χ4v) is 5.71. The van der Waals surface area contributed by atoms with Crippen molar-refractivity contribution in [3.63, 3.8) is 0 Å². The van der Waals surface area contributed by atoms with Gasteiger partial charge in [0, 0.05) is 24.5 Å². The van der Waals surface area contributed by atoms with E-state index in [1.54, 1.807) is 42.9 Å². The Morgan fingerprint density at radius 2 is 1.92 bits per heavy atom. The van der Waals surface area contributed by atoms with Gasteiger partial charge < -0.3 is 9.88 Å². The van der Waals surface area contributed by atoms with Crippen molar-refractivity contribution in [2.45, 2.75) is 37.8 Å². The maximum absolute atomic E-state index is 15.0. The van der Waals surface area contributed by atoms with Crippen molar-refractivity contribution in [3.8, 4) is 22.9 Å². The maximum atomic E-state index is 15.0. The lowest BCUT2D eigenvalue weighted by atomic mass is 9.90. The number of amides is 1. The van der Waals surface area contributed by atoms with E-state index in [2.05, 4.69) is 29.8 Å². The smallest absolute Gasteiger partial charge is 0.280 e. The molecule has 1 N–H and O–H groups in total. The molecule has 6 rings (SSSR count). The van der Waals surface area contributed by atoms with Crippen molar-refractivity contribution in [2.24, 2.45) is 0 Å². The number of nitrogens with zero attached hydrogens (tertiary/aromatic N) is 6. The van der Waals surface area contributed by atoms with E-state index in [-0.39, 0.29) is 23.8 Å². The number of carbonyl (C=O) groups excluding carboxylic acids is 1. The second kappa shape index (κ2) is 9.95. The third-order valence-corrected chi connectivity index (χ3v) is 7.62. The minimum absolute atomic E-state index is 0.0227. The Balaban J connectivity index is 1.41. The number of imidazole rings is 1. The van der Waals surface area contributed by atoms with Gasteiger partial charge in [-0.1, -0.05) is 35.1 Å². The topological polar surface area (TPSA) is 98.5 Å². The van der Waals surface area contributed by atoms with Crippen LogP contribution >= 0.6 is 22.9 Å². The second-order valence-corrected chi connectivity index (χ2v) is 10.5. The van der Waals surface area contributed by atoms with E-state index in [9.17, 15) is 9.18 Å². The predicted octanol–water partition coefficient (Wildman–Crippen LogP) is 5.72. The number of rotatable bonds is 5. The number of aromatic nitrogens is 6. The molecule has 4 heterocycles. The van der Waals surface area contributed by atoms with Crippen LogP contribution in [0.2, 0.25) is 4.34 Å². The van der Waals surface area contributed by atoms with Gasteiger partial charge in [-0.25, -0.2) is 24.3 Å². The average molecular weight is 534 g/mol. The zero-order chi connectivity index (χ0) is 25.4. The monoisotopic (exact) mass is 533 g/mol. The molecule has 5 aromatic rings. The first kappa shape index (κ1) is 23.6. The van der Waals surface area contributed by atoms with Crippen molar-refractivity contribution < 1.29 is 9.18 Å². The van der Waals surface area contributed by atoms with Gasteiger partial charge in [-0.15, -0.1) is 0 Å². The van der Waals surface area contributed by atoms with Crippen LogP contribution in [0.3, 0.4) is 0 Å². The summed E-state index contributed by atoms with van der Waals surface area (Å²) < 4.78 is 17.5. The Kier molecular flexibility index (Phi) is 6.35. The van der Waals surface area contributed by atoms with Gasteiger partial charge in [-0.05, 0) is 49.9 Å². The lowest BCUT2D eigenvalue weighted by Gasteiger charge is -2.32. The highest BCUT2D eigenvalue weighted by molar-refractivity contribution is 7.17. The molecule has 186 valence electrons. The first-order valence-corrected chi connectivity index (χ1v) is 13.1. The number of carbonyl (C=O) groups is 1. The van der Waals surface area contributed by atoms with Gasteiger partial charge in [0.25, 0.3) is 5.91 Å². The summed E-state index contributed by atoms with van der Waals surface area (Å²) >= 11 is 7.11. The van der Waals surface area contributed by atoms with Crippen LogP contribution in [0.4, 0.5) is 4.39 Å². The molecule has 37 heavy (non-hydrogen) atoms. The van der Waals surface area contributed by atoms with Crippen molar-refractivity contribution in [2.75, 3.05) is 0 Å². The number of hydrogen-bond donors (Lipinski definition) is 1. The van der Waals surface area contributed by atoms with Crippen LogP contribution in [0, 0.1) is 5.82 Å². The van der Waals surface area contributed by atoms with Gasteiger partial charge in [0.15, 0.2) is 10.8 Å². The molecule has 0 spiro atoms. The fraction of sp³-hybridized carbons (Fsp3) is 0.231. The molecule has 0 radical (unpaired) electrons. The number of pyridine rings is 1. The lowest BCUT2D eigenvalue weighted by Crippen LogP contribution is -2.39. The van der Waals surface area contributed by atoms with Gasteiger partial charge >= 0.3 is 0 Å². The molecule has 0 bridgehead atoms. The van der Waals surface area contributed by atoms with Gasteiger partial charge in [-0.3, -0.25) is 9.78 Å². The number of fused-ring (bicyclic) bond motifs is 1. The average Bonchev–Trinajstić information content (AvgIpc) is 3.53. The molecule has 0 unspecified atom stereocenters. The van der Waals surface area contributed by atoms with Crippen LogP contribution in [0.15, 0.2) is 61.2 Å². The van der Waals surface area contributed by atoms with Gasteiger partial charge in [0.05, 0.1) is 23.5 Å². The normalized spacial score (nSPS) is 17.7. The predicted molar refractivity (Wildman–Crippen MR) is 140 cm³/mol. The van der Waals surface area contributed by atoms with Crippen LogP contribution in [-0.2, 0) is 0 Å². The Bertz CT molecular complexity index is 1590. The minimum atomic E-state index is -0.347. The molecule has 8 nitrogen and oxygen atoms in total. The van der Waals surface area contributed by atoms with E-state index in [0.717, 1.165) is 36.1 Å². The largest absolute Gasteiger partial charge is 0.347 e. The Hall–Kier alpha value is -3.76. The molecule has 1 aliphatic carbocycles. The summed E-state index contributed by atoms with van der Waals surface area (Å²) in [5.74, 6) is 0.449. The van der Waals surface area contributed by atoms with Crippen molar-refractivity contribution in [1.29, 1.82) is 0 Å². The van der Waals surface area contributed by atoms with E-state index >= 15 is 0 Å². The third kappa shape index (κ3) is 4.70.